The van der Waals surface area contributed by atoms with Crippen LogP contribution in [-0.4, -0.2) is 17.2 Å². The van der Waals surface area contributed by atoms with Gasteiger partial charge < -0.3 is 22.7 Å². The number of rotatable bonds is 5. The summed E-state index contributed by atoms with van der Waals surface area (Å²) in [5.74, 6) is 0.788. The molecular formula is C21H24Cl2N4O3Y-2. The maximum absolute atomic E-state index is 10.1. The van der Waals surface area contributed by atoms with Crippen molar-refractivity contribution in [3.05, 3.63) is 76.3 Å². The molecule has 0 unspecified atom stereocenters. The number of halogens is 2. The number of unbranched alkanes of at least 4 members (excludes halogenated alkanes) is 1. The van der Waals surface area contributed by atoms with Crippen LogP contribution in [0.15, 0.2) is 46.2 Å². The second-order valence-electron chi connectivity index (χ2n) is 5.64. The quantitative estimate of drug-likeness (QED) is 0.278. The summed E-state index contributed by atoms with van der Waals surface area (Å²) in [6.07, 6.45) is 3.67. The largest absolute Gasteiger partial charge is 0.514 e. The molecule has 3 rings (SSSR count). The molecule has 31 heavy (non-hydrogen) atoms. The molecule has 4 N–H and O–H groups in total. The fourth-order valence-electron chi connectivity index (χ4n) is 1.73. The SMILES string of the molecule is C=Cc1noc(=O)[nH]1.CNc1cc(Cl)c(Oc2c[c-]c(N)cc2)c(Cl)c1.[CH2-]CCC.[Y]. The van der Waals surface area contributed by atoms with E-state index >= 15 is 0 Å². The van der Waals surface area contributed by atoms with E-state index in [-0.39, 0.29) is 32.7 Å². The van der Waals surface area contributed by atoms with Crippen LogP contribution >= 0.6 is 23.2 Å². The molecule has 1 radical (unpaired) electrons. The van der Waals surface area contributed by atoms with Gasteiger partial charge in [0.15, 0.2) is 5.82 Å². The van der Waals surface area contributed by atoms with Crippen LogP contribution in [0.4, 0.5) is 11.4 Å². The van der Waals surface area contributed by atoms with Crippen LogP contribution in [0.3, 0.4) is 0 Å². The molecule has 0 saturated carbocycles. The fourth-order valence-corrected chi connectivity index (χ4v) is 2.30. The molecule has 0 aliphatic heterocycles. The van der Waals surface area contributed by atoms with E-state index in [0.717, 1.165) is 12.1 Å². The Bertz CT molecular complexity index is 950. The maximum atomic E-state index is 10.1. The number of aromatic nitrogens is 2. The Morgan fingerprint density at radius 1 is 1.39 bits per heavy atom. The fraction of sp³-hybridized carbons (Fsp3) is 0.190. The number of nitrogens with one attached hydrogen (secondary N) is 2. The van der Waals surface area contributed by atoms with Crippen LogP contribution < -0.4 is 21.5 Å². The molecule has 7 nitrogen and oxygen atoms in total. The van der Waals surface area contributed by atoms with Crippen LogP contribution in [0.5, 0.6) is 11.5 Å². The van der Waals surface area contributed by atoms with Gasteiger partial charge >= 0.3 is 5.76 Å². The third kappa shape index (κ3) is 10.9. The summed E-state index contributed by atoms with van der Waals surface area (Å²) in [4.78, 5) is 12.4. The van der Waals surface area contributed by atoms with E-state index in [0.29, 0.717) is 33.1 Å². The van der Waals surface area contributed by atoms with Gasteiger partial charge in [-0.3, -0.25) is 9.51 Å². The Labute approximate surface area is 217 Å². The molecule has 1 aromatic heterocycles. The van der Waals surface area contributed by atoms with Gasteiger partial charge in [-0.1, -0.05) is 54.0 Å². The number of benzene rings is 2. The molecule has 2 aromatic carbocycles. The molecule has 0 saturated heterocycles. The summed E-state index contributed by atoms with van der Waals surface area (Å²) < 4.78 is 9.74. The van der Waals surface area contributed by atoms with E-state index in [1.54, 1.807) is 37.4 Å². The first-order valence-corrected chi connectivity index (χ1v) is 9.69. The zero-order valence-electron chi connectivity index (χ0n) is 17.4. The van der Waals surface area contributed by atoms with E-state index in [1.807, 2.05) is 0 Å². The van der Waals surface area contributed by atoms with Crippen LogP contribution in [0.2, 0.25) is 10.0 Å². The number of aromatic amines is 1. The van der Waals surface area contributed by atoms with E-state index in [4.69, 9.17) is 33.7 Å². The molecule has 1 heterocycles. The van der Waals surface area contributed by atoms with Crippen molar-refractivity contribution in [3.8, 4) is 11.5 Å². The number of nitrogen functional groups attached to an aromatic ring is 1. The normalized spacial score (nSPS) is 9.19. The number of ether oxygens (including phenoxy) is 1. The van der Waals surface area contributed by atoms with Crippen LogP contribution in [-0.2, 0) is 32.7 Å². The van der Waals surface area contributed by atoms with E-state index in [9.17, 15) is 4.79 Å². The second-order valence-corrected chi connectivity index (χ2v) is 6.45. The summed E-state index contributed by atoms with van der Waals surface area (Å²) in [6, 6.07) is 11.4. The Kier molecular flexibility index (Phi) is 15.0. The van der Waals surface area contributed by atoms with E-state index < -0.39 is 5.76 Å². The number of nitrogens with two attached hydrogens (primary N) is 1. The van der Waals surface area contributed by atoms with Gasteiger partial charge in [0.05, 0.1) is 10.0 Å². The Balaban J connectivity index is 0.000000576. The topological polar surface area (TPSA) is 106 Å². The number of anilines is 2. The van der Waals surface area contributed by atoms with Gasteiger partial charge in [0.25, 0.3) is 0 Å². The zero-order chi connectivity index (χ0) is 22.5. The molecule has 0 bridgehead atoms. The van der Waals surface area contributed by atoms with Crippen molar-refractivity contribution in [2.24, 2.45) is 0 Å². The van der Waals surface area contributed by atoms with Gasteiger partial charge in [-0.15, -0.1) is 18.2 Å². The molecule has 0 amide bonds. The van der Waals surface area contributed by atoms with Gasteiger partial charge in [0.2, 0.25) is 0 Å². The molecule has 0 spiro atoms. The van der Waals surface area contributed by atoms with Gasteiger partial charge in [-0.25, -0.2) is 4.79 Å². The summed E-state index contributed by atoms with van der Waals surface area (Å²) in [7, 11) is 1.79. The number of hydrogen-bond donors (Lipinski definition) is 3. The number of hydrogen-bond acceptors (Lipinski definition) is 6. The Morgan fingerprint density at radius 2 is 2.00 bits per heavy atom. The average molecular weight is 540 g/mol. The van der Waals surface area contributed by atoms with E-state index in [1.165, 1.54) is 12.5 Å². The van der Waals surface area contributed by atoms with Crippen molar-refractivity contribution in [3.63, 3.8) is 0 Å². The number of H-pyrrole nitrogens is 1. The predicted molar refractivity (Wildman–Crippen MR) is 123 cm³/mol. The average Bonchev–Trinajstić information content (AvgIpc) is 3.18. The minimum absolute atomic E-state index is 0. The van der Waals surface area contributed by atoms with Crippen LogP contribution in [0, 0.1) is 13.0 Å². The third-order valence-electron chi connectivity index (χ3n) is 3.32. The molecule has 0 aliphatic carbocycles. The van der Waals surface area contributed by atoms with Gasteiger partial charge in [0.1, 0.15) is 5.75 Å². The predicted octanol–water partition coefficient (Wildman–Crippen LogP) is 5.83. The maximum Gasteiger partial charge on any atom is 0.439 e. The van der Waals surface area contributed by atoms with Crippen molar-refractivity contribution in [1.29, 1.82) is 0 Å². The van der Waals surface area contributed by atoms with Crippen LogP contribution in [0.25, 0.3) is 6.08 Å². The molecule has 0 aliphatic rings. The number of nitrogens with zero attached hydrogens (tertiary/aromatic N) is 1. The second kappa shape index (κ2) is 15.9. The first kappa shape index (κ1) is 29.2. The summed E-state index contributed by atoms with van der Waals surface area (Å²) in [6.45, 7) is 9.07. The molecule has 0 fully saturated rings. The Hall–Kier alpha value is -1.80. The van der Waals surface area contributed by atoms with Gasteiger partial charge in [0, 0.05) is 51.2 Å². The molecule has 3 aromatic rings. The van der Waals surface area contributed by atoms with Gasteiger partial charge in [-0.2, -0.15) is 12.5 Å². The minimum Gasteiger partial charge on any atom is -0.514 e. The van der Waals surface area contributed by atoms with Crippen molar-refractivity contribution < 1.29 is 42.0 Å². The molecule has 10 heteroatoms. The summed E-state index contributed by atoms with van der Waals surface area (Å²) in [5, 5.41) is 7.10. The molecule has 165 valence electrons. The molecular weight excluding hydrogens is 516 g/mol. The van der Waals surface area contributed by atoms with Gasteiger partial charge in [-0.05, 0) is 18.2 Å². The van der Waals surface area contributed by atoms with E-state index in [2.05, 4.69) is 46.5 Å². The standard InChI is InChI=1S/C13H11Cl2N2O.C4H4N2O2.C4H9.Y/c1-17-9-6-11(14)13(12(15)7-9)18-10-4-2-8(16)3-5-10;1-2-3-5-4(7)8-6-3;1-3-4-2;/h2,4-7,17H,16H2,1H3;2H,1H2,(H,5,6,7);1,3-4H2,2H3;/q-1;;-1;. The summed E-state index contributed by atoms with van der Waals surface area (Å²) >= 11 is 12.2. The third-order valence-corrected chi connectivity index (χ3v) is 3.88. The zero-order valence-corrected chi connectivity index (χ0v) is 21.7. The molecule has 0 atom stereocenters. The minimum atomic E-state index is -0.556. The summed E-state index contributed by atoms with van der Waals surface area (Å²) in [5.41, 5.74) is 6.91. The van der Waals surface area contributed by atoms with Crippen molar-refractivity contribution in [1.82, 2.24) is 10.1 Å². The smallest absolute Gasteiger partial charge is 0.439 e. The monoisotopic (exact) mass is 539 g/mol. The first-order chi connectivity index (χ1) is 14.3. The van der Waals surface area contributed by atoms with Crippen molar-refractivity contribution in [2.45, 2.75) is 19.8 Å². The Morgan fingerprint density at radius 3 is 2.35 bits per heavy atom. The van der Waals surface area contributed by atoms with Crippen LogP contribution in [0.1, 0.15) is 25.6 Å². The van der Waals surface area contributed by atoms with Crippen molar-refractivity contribution in [2.75, 3.05) is 18.1 Å². The first-order valence-electron chi connectivity index (χ1n) is 8.94. The van der Waals surface area contributed by atoms with Crippen molar-refractivity contribution >= 4 is 40.7 Å².